The quantitative estimate of drug-likeness (QED) is 0.841. The number of hydrogen-bond acceptors (Lipinski definition) is 3. The molecule has 1 aromatic rings. The van der Waals surface area contributed by atoms with Crippen molar-refractivity contribution in [3.63, 3.8) is 0 Å². The molecule has 2 heterocycles. The number of imidazole rings is 1. The Morgan fingerprint density at radius 2 is 2.36 bits per heavy atom. The van der Waals surface area contributed by atoms with Gasteiger partial charge in [-0.3, -0.25) is 0 Å². The van der Waals surface area contributed by atoms with Crippen molar-refractivity contribution in [3.8, 4) is 0 Å². The Labute approximate surface area is 91.2 Å². The van der Waals surface area contributed by atoms with Gasteiger partial charge in [-0.2, -0.15) is 0 Å². The van der Waals surface area contributed by atoms with Crippen molar-refractivity contribution in [2.45, 2.75) is 18.8 Å². The summed E-state index contributed by atoms with van der Waals surface area (Å²) < 4.78 is 23.4. The van der Waals surface area contributed by atoms with Gasteiger partial charge in [-0.15, -0.1) is 0 Å². The van der Waals surface area contributed by atoms with Gasteiger partial charge in [-0.05, 0) is 22.4 Å². The Balaban J connectivity index is 2.36. The fraction of sp³-hybridized carbons (Fsp3) is 0.625. The summed E-state index contributed by atoms with van der Waals surface area (Å²) in [6, 6.07) is 0. The molecule has 6 heteroatoms. The minimum Gasteiger partial charge on any atom is -0.336 e. The van der Waals surface area contributed by atoms with Crippen molar-refractivity contribution in [1.82, 2.24) is 9.97 Å². The second kappa shape index (κ2) is 3.06. The summed E-state index contributed by atoms with van der Waals surface area (Å²) in [4.78, 5) is 7.06. The van der Waals surface area contributed by atoms with Gasteiger partial charge in [0.1, 0.15) is 0 Å². The first kappa shape index (κ1) is 10.2. The molecule has 0 bridgehead atoms. The largest absolute Gasteiger partial charge is 0.336 e. The van der Waals surface area contributed by atoms with E-state index < -0.39 is 9.84 Å². The van der Waals surface area contributed by atoms with Gasteiger partial charge in [0, 0.05) is 17.3 Å². The normalized spacial score (nSPS) is 30.7. The average Bonchev–Trinajstić information content (AvgIpc) is 2.57. The van der Waals surface area contributed by atoms with Crippen molar-refractivity contribution in [2.24, 2.45) is 0 Å². The monoisotopic (exact) mass is 278 g/mol. The predicted octanol–water partition coefficient (Wildman–Crippen LogP) is 1.25. The first-order valence-corrected chi connectivity index (χ1v) is 6.94. The molecule has 14 heavy (non-hydrogen) atoms. The molecule has 0 radical (unpaired) electrons. The van der Waals surface area contributed by atoms with Gasteiger partial charge in [0.25, 0.3) is 0 Å². The number of nitrogens with one attached hydrogen (secondary N) is 1. The molecule has 1 N–H and O–H groups in total. The van der Waals surface area contributed by atoms with Crippen LogP contribution in [0.25, 0.3) is 0 Å². The maximum atomic E-state index is 11.4. The van der Waals surface area contributed by atoms with Crippen molar-refractivity contribution in [1.29, 1.82) is 0 Å². The van der Waals surface area contributed by atoms with E-state index in [9.17, 15) is 8.42 Å². The molecule has 4 nitrogen and oxygen atoms in total. The first-order chi connectivity index (χ1) is 6.41. The molecule has 1 saturated heterocycles. The minimum absolute atomic E-state index is 0.217. The van der Waals surface area contributed by atoms with Crippen LogP contribution in [-0.2, 0) is 15.3 Å². The standard InChI is InChI=1S/C8H11BrN2O2S/c1-8(2-3-14(12,13)5-8)6-4-10-7(9)11-6/h4H,2-3,5H2,1H3,(H,10,11). The van der Waals surface area contributed by atoms with Crippen LogP contribution in [0.4, 0.5) is 0 Å². The van der Waals surface area contributed by atoms with Gasteiger partial charge in [-0.1, -0.05) is 6.92 Å². The van der Waals surface area contributed by atoms with E-state index in [1.807, 2.05) is 6.92 Å². The highest BCUT2D eigenvalue weighted by Gasteiger charge is 2.40. The number of hydrogen-bond donors (Lipinski definition) is 1. The first-order valence-electron chi connectivity index (χ1n) is 4.33. The van der Waals surface area contributed by atoms with Crippen molar-refractivity contribution >= 4 is 25.8 Å². The maximum absolute atomic E-state index is 11.4. The summed E-state index contributed by atoms with van der Waals surface area (Å²) in [7, 11) is -2.86. The summed E-state index contributed by atoms with van der Waals surface area (Å²) in [5, 5.41) is 0. The Morgan fingerprint density at radius 1 is 1.64 bits per heavy atom. The van der Waals surface area contributed by atoms with Crippen molar-refractivity contribution in [2.75, 3.05) is 11.5 Å². The van der Waals surface area contributed by atoms with E-state index in [0.29, 0.717) is 11.2 Å². The zero-order valence-electron chi connectivity index (χ0n) is 7.75. The topological polar surface area (TPSA) is 62.8 Å². The summed E-state index contributed by atoms with van der Waals surface area (Å²) in [6.45, 7) is 1.96. The molecule has 2 rings (SSSR count). The molecule has 1 aliphatic heterocycles. The van der Waals surface area contributed by atoms with E-state index in [2.05, 4.69) is 25.9 Å². The lowest BCUT2D eigenvalue weighted by molar-refractivity contribution is 0.522. The van der Waals surface area contributed by atoms with E-state index >= 15 is 0 Å². The van der Waals surface area contributed by atoms with Gasteiger partial charge in [-0.25, -0.2) is 13.4 Å². The molecule has 1 fully saturated rings. The van der Waals surface area contributed by atoms with Crippen molar-refractivity contribution in [3.05, 3.63) is 16.6 Å². The molecule has 1 aliphatic rings. The predicted molar refractivity (Wildman–Crippen MR) is 56.9 cm³/mol. The molecule has 0 saturated carbocycles. The van der Waals surface area contributed by atoms with Crippen LogP contribution in [0.2, 0.25) is 0 Å². The second-order valence-electron chi connectivity index (χ2n) is 3.99. The number of halogens is 1. The van der Waals surface area contributed by atoms with Gasteiger partial charge in [0.2, 0.25) is 0 Å². The molecular formula is C8H11BrN2O2S. The lowest BCUT2D eigenvalue weighted by Crippen LogP contribution is -2.23. The summed E-state index contributed by atoms with van der Waals surface area (Å²) in [5.74, 6) is 0.495. The van der Waals surface area contributed by atoms with Crippen LogP contribution in [0.5, 0.6) is 0 Å². The van der Waals surface area contributed by atoms with Crippen LogP contribution in [0.1, 0.15) is 19.0 Å². The van der Waals surface area contributed by atoms with E-state index in [-0.39, 0.29) is 16.9 Å². The van der Waals surface area contributed by atoms with Gasteiger partial charge in [0.15, 0.2) is 14.6 Å². The van der Waals surface area contributed by atoms with E-state index in [4.69, 9.17) is 0 Å². The lowest BCUT2D eigenvalue weighted by atomic mass is 9.87. The summed E-state index contributed by atoms with van der Waals surface area (Å²) >= 11 is 3.22. The highest BCUT2D eigenvalue weighted by Crippen LogP contribution is 2.34. The van der Waals surface area contributed by atoms with Crippen LogP contribution in [0.15, 0.2) is 10.9 Å². The maximum Gasteiger partial charge on any atom is 0.174 e. The Morgan fingerprint density at radius 3 is 2.79 bits per heavy atom. The van der Waals surface area contributed by atoms with Crippen LogP contribution in [0.3, 0.4) is 0 Å². The number of rotatable bonds is 1. The number of H-pyrrole nitrogens is 1. The van der Waals surface area contributed by atoms with Gasteiger partial charge < -0.3 is 4.98 Å². The highest BCUT2D eigenvalue weighted by atomic mass is 79.9. The fourth-order valence-electron chi connectivity index (χ4n) is 1.83. The number of aromatic amines is 1. The average molecular weight is 279 g/mol. The number of nitrogens with zero attached hydrogens (tertiary/aromatic N) is 1. The van der Waals surface area contributed by atoms with E-state index in [1.54, 1.807) is 6.20 Å². The van der Waals surface area contributed by atoms with Gasteiger partial charge in [0.05, 0.1) is 11.5 Å². The molecule has 0 aliphatic carbocycles. The molecule has 1 aromatic heterocycles. The SMILES string of the molecule is CC1(c2cnc(Br)[nH]2)CCS(=O)(=O)C1. The van der Waals surface area contributed by atoms with Crippen LogP contribution < -0.4 is 0 Å². The van der Waals surface area contributed by atoms with Gasteiger partial charge >= 0.3 is 0 Å². The van der Waals surface area contributed by atoms with Crippen LogP contribution >= 0.6 is 15.9 Å². The highest BCUT2D eigenvalue weighted by molar-refractivity contribution is 9.10. The van der Waals surface area contributed by atoms with Crippen LogP contribution in [-0.4, -0.2) is 29.9 Å². The molecule has 0 spiro atoms. The zero-order valence-corrected chi connectivity index (χ0v) is 10.2. The zero-order chi connectivity index (χ0) is 10.4. The third kappa shape index (κ3) is 1.72. The Bertz CT molecular complexity index is 454. The minimum atomic E-state index is -2.86. The molecule has 1 unspecified atom stereocenters. The third-order valence-electron chi connectivity index (χ3n) is 2.70. The molecule has 1 atom stereocenters. The fourth-order valence-corrected chi connectivity index (χ4v) is 4.32. The smallest absolute Gasteiger partial charge is 0.174 e. The lowest BCUT2D eigenvalue weighted by Gasteiger charge is -2.19. The van der Waals surface area contributed by atoms with E-state index in [0.717, 1.165) is 5.69 Å². The Hall–Kier alpha value is -0.360. The van der Waals surface area contributed by atoms with E-state index in [1.165, 1.54) is 0 Å². The Kier molecular flexibility index (Phi) is 2.23. The molecular weight excluding hydrogens is 268 g/mol. The molecule has 0 amide bonds. The second-order valence-corrected chi connectivity index (χ2v) is 6.93. The van der Waals surface area contributed by atoms with Crippen LogP contribution in [0, 0.1) is 0 Å². The van der Waals surface area contributed by atoms with Crippen molar-refractivity contribution < 1.29 is 8.42 Å². The number of sulfone groups is 1. The molecule has 78 valence electrons. The molecule has 0 aromatic carbocycles. The number of aromatic nitrogens is 2. The third-order valence-corrected chi connectivity index (χ3v) is 5.00. The summed E-state index contributed by atoms with van der Waals surface area (Å²) in [5.41, 5.74) is 0.600. The summed E-state index contributed by atoms with van der Waals surface area (Å²) in [6.07, 6.45) is 2.37.